The summed E-state index contributed by atoms with van der Waals surface area (Å²) < 4.78 is 16.2. The first-order chi connectivity index (χ1) is 9.72. The van der Waals surface area contributed by atoms with Crippen molar-refractivity contribution in [2.75, 3.05) is 0 Å². The summed E-state index contributed by atoms with van der Waals surface area (Å²) in [4.78, 5) is 11.6. The topological polar surface area (TPSA) is 39.8 Å². The van der Waals surface area contributed by atoms with Crippen LogP contribution in [0.4, 0.5) is 4.39 Å². The molecular weight excluding hydrogens is 257 g/mol. The van der Waals surface area contributed by atoms with Crippen molar-refractivity contribution in [2.45, 2.75) is 6.54 Å². The molecule has 0 spiro atoms. The van der Waals surface area contributed by atoms with Gasteiger partial charge in [0, 0.05) is 18.5 Å². The number of rotatable bonds is 3. The van der Waals surface area contributed by atoms with Gasteiger partial charge in [0.05, 0.1) is 17.9 Å². The highest BCUT2D eigenvalue weighted by Gasteiger charge is 2.04. The van der Waals surface area contributed by atoms with Gasteiger partial charge in [-0.15, -0.1) is 0 Å². The van der Waals surface area contributed by atoms with E-state index in [1.54, 1.807) is 4.68 Å². The summed E-state index contributed by atoms with van der Waals surface area (Å²) in [6.07, 6.45) is 3.00. The van der Waals surface area contributed by atoms with E-state index >= 15 is 0 Å². The van der Waals surface area contributed by atoms with Crippen LogP contribution in [0.5, 0.6) is 0 Å². The molecule has 0 atom stereocenters. The Morgan fingerprint density at radius 3 is 2.65 bits per heavy atom. The molecule has 0 saturated heterocycles. The highest BCUT2D eigenvalue weighted by atomic mass is 19.1. The van der Waals surface area contributed by atoms with Crippen molar-refractivity contribution in [3.63, 3.8) is 0 Å². The van der Waals surface area contributed by atoms with E-state index in [1.165, 1.54) is 16.8 Å². The smallest absolute Gasteiger partial charge is 0.251 e. The molecule has 0 bridgehead atoms. The summed E-state index contributed by atoms with van der Waals surface area (Å²) >= 11 is 0. The van der Waals surface area contributed by atoms with Crippen molar-refractivity contribution in [1.29, 1.82) is 0 Å². The lowest BCUT2D eigenvalue weighted by Crippen LogP contribution is -2.19. The predicted octanol–water partition coefficient (Wildman–Crippen LogP) is 2.22. The molecular formula is C15H12FN3O. The van der Waals surface area contributed by atoms with Crippen LogP contribution in [-0.2, 0) is 6.54 Å². The molecule has 3 rings (SSSR count). The molecule has 100 valence electrons. The minimum Gasteiger partial charge on any atom is -0.307 e. The fraction of sp³-hybridized carbons (Fsp3) is 0.0667. The van der Waals surface area contributed by atoms with Gasteiger partial charge in [-0.3, -0.25) is 4.79 Å². The molecule has 5 heteroatoms. The maximum absolute atomic E-state index is 13.1. The third kappa shape index (κ3) is 2.51. The fourth-order valence-electron chi connectivity index (χ4n) is 1.97. The van der Waals surface area contributed by atoms with Gasteiger partial charge in [-0.2, -0.15) is 5.10 Å². The third-order valence-corrected chi connectivity index (χ3v) is 2.94. The number of aromatic nitrogens is 3. The summed E-state index contributed by atoms with van der Waals surface area (Å²) in [6, 6.07) is 13.8. The standard InChI is InChI=1S/C15H12FN3O/c16-12-6-7-15(20)18(10-12)11-13-8-9-19(17-13)14-4-2-1-3-5-14/h1-10H,11H2. The van der Waals surface area contributed by atoms with Crippen LogP contribution in [0.25, 0.3) is 5.69 Å². The normalized spacial score (nSPS) is 10.7. The molecule has 0 N–H and O–H groups in total. The van der Waals surface area contributed by atoms with Gasteiger partial charge >= 0.3 is 0 Å². The van der Waals surface area contributed by atoms with E-state index in [0.29, 0.717) is 5.69 Å². The van der Waals surface area contributed by atoms with Crippen molar-refractivity contribution >= 4 is 0 Å². The molecule has 0 saturated carbocycles. The maximum Gasteiger partial charge on any atom is 0.251 e. The van der Waals surface area contributed by atoms with E-state index in [-0.39, 0.29) is 12.1 Å². The average molecular weight is 269 g/mol. The third-order valence-electron chi connectivity index (χ3n) is 2.94. The van der Waals surface area contributed by atoms with E-state index < -0.39 is 5.82 Å². The summed E-state index contributed by atoms with van der Waals surface area (Å²) in [6.45, 7) is 0.246. The molecule has 0 fully saturated rings. The van der Waals surface area contributed by atoms with Crippen molar-refractivity contribution < 1.29 is 4.39 Å². The van der Waals surface area contributed by atoms with Crippen molar-refractivity contribution in [3.05, 3.63) is 82.8 Å². The first kappa shape index (κ1) is 12.3. The Morgan fingerprint density at radius 2 is 1.85 bits per heavy atom. The molecule has 0 aliphatic heterocycles. The number of pyridine rings is 1. The van der Waals surface area contributed by atoms with Crippen LogP contribution in [0.2, 0.25) is 0 Å². The van der Waals surface area contributed by atoms with E-state index in [1.807, 2.05) is 42.6 Å². The van der Waals surface area contributed by atoms with Gasteiger partial charge in [0.25, 0.3) is 5.56 Å². The highest BCUT2D eigenvalue weighted by Crippen LogP contribution is 2.07. The van der Waals surface area contributed by atoms with Crippen molar-refractivity contribution in [3.8, 4) is 5.69 Å². The maximum atomic E-state index is 13.1. The molecule has 2 heterocycles. The molecule has 0 aliphatic carbocycles. The van der Waals surface area contributed by atoms with Gasteiger partial charge in [0.1, 0.15) is 5.82 Å². The Balaban J connectivity index is 1.88. The van der Waals surface area contributed by atoms with Gasteiger partial charge < -0.3 is 4.57 Å². The summed E-state index contributed by atoms with van der Waals surface area (Å²) in [5.41, 5.74) is 1.38. The molecule has 0 aliphatic rings. The zero-order valence-electron chi connectivity index (χ0n) is 10.6. The Labute approximate surface area is 114 Å². The molecule has 0 unspecified atom stereocenters. The number of hydrogen-bond acceptors (Lipinski definition) is 2. The van der Waals surface area contributed by atoms with Crippen molar-refractivity contribution in [2.24, 2.45) is 0 Å². The second-order valence-electron chi connectivity index (χ2n) is 4.40. The lowest BCUT2D eigenvalue weighted by Gasteiger charge is -2.03. The van der Waals surface area contributed by atoms with Gasteiger partial charge in [0.15, 0.2) is 0 Å². The van der Waals surface area contributed by atoms with Crippen LogP contribution in [0.15, 0.2) is 65.7 Å². The fourth-order valence-corrected chi connectivity index (χ4v) is 1.97. The second kappa shape index (κ2) is 5.13. The quantitative estimate of drug-likeness (QED) is 0.731. The summed E-state index contributed by atoms with van der Waals surface area (Å²) in [5.74, 6) is -0.438. The molecule has 0 amide bonds. The summed E-state index contributed by atoms with van der Waals surface area (Å²) in [5, 5.41) is 4.38. The lowest BCUT2D eigenvalue weighted by atomic mass is 10.3. The minimum absolute atomic E-state index is 0.246. The Morgan fingerprint density at radius 1 is 1.05 bits per heavy atom. The summed E-state index contributed by atoms with van der Waals surface area (Å²) in [7, 11) is 0. The molecule has 0 radical (unpaired) electrons. The Bertz CT molecular complexity index is 777. The highest BCUT2D eigenvalue weighted by molar-refractivity contribution is 5.30. The molecule has 4 nitrogen and oxygen atoms in total. The monoisotopic (exact) mass is 269 g/mol. The number of para-hydroxylation sites is 1. The first-order valence-corrected chi connectivity index (χ1v) is 6.18. The number of halogens is 1. The largest absolute Gasteiger partial charge is 0.307 e. The number of nitrogens with zero attached hydrogens (tertiary/aromatic N) is 3. The van der Waals surface area contributed by atoms with E-state index in [9.17, 15) is 9.18 Å². The van der Waals surface area contributed by atoms with E-state index in [0.717, 1.165) is 11.8 Å². The SMILES string of the molecule is O=c1ccc(F)cn1Cc1ccn(-c2ccccc2)n1. The van der Waals surface area contributed by atoms with E-state index in [2.05, 4.69) is 5.10 Å². The predicted molar refractivity (Wildman–Crippen MR) is 73.3 cm³/mol. The van der Waals surface area contributed by atoms with Crippen LogP contribution in [-0.4, -0.2) is 14.3 Å². The van der Waals surface area contributed by atoms with Gasteiger partial charge in [-0.1, -0.05) is 18.2 Å². The van der Waals surface area contributed by atoms with Crippen LogP contribution < -0.4 is 5.56 Å². The number of benzene rings is 1. The van der Waals surface area contributed by atoms with Crippen LogP contribution in [0.3, 0.4) is 0 Å². The Hall–Kier alpha value is -2.69. The van der Waals surface area contributed by atoms with Gasteiger partial charge in [-0.25, -0.2) is 9.07 Å². The average Bonchev–Trinajstić information content (AvgIpc) is 2.92. The second-order valence-corrected chi connectivity index (χ2v) is 4.40. The van der Waals surface area contributed by atoms with Crippen LogP contribution in [0.1, 0.15) is 5.69 Å². The van der Waals surface area contributed by atoms with Gasteiger partial charge in [-0.05, 0) is 24.3 Å². The van der Waals surface area contributed by atoms with Gasteiger partial charge in [0.2, 0.25) is 0 Å². The zero-order valence-corrected chi connectivity index (χ0v) is 10.6. The Kier molecular flexibility index (Phi) is 3.16. The lowest BCUT2D eigenvalue weighted by molar-refractivity contribution is 0.592. The van der Waals surface area contributed by atoms with Crippen molar-refractivity contribution in [1.82, 2.24) is 14.3 Å². The first-order valence-electron chi connectivity index (χ1n) is 6.18. The zero-order chi connectivity index (χ0) is 13.9. The molecule has 1 aromatic carbocycles. The van der Waals surface area contributed by atoms with E-state index in [4.69, 9.17) is 0 Å². The minimum atomic E-state index is -0.438. The number of hydrogen-bond donors (Lipinski definition) is 0. The molecule has 20 heavy (non-hydrogen) atoms. The van der Waals surface area contributed by atoms with Crippen LogP contribution >= 0.6 is 0 Å². The molecule has 3 aromatic rings. The van der Waals surface area contributed by atoms with Crippen LogP contribution in [0, 0.1) is 5.82 Å². The molecule has 2 aromatic heterocycles.